The van der Waals surface area contributed by atoms with Gasteiger partial charge in [0.25, 0.3) is 0 Å². The van der Waals surface area contributed by atoms with Gasteiger partial charge in [-0.1, -0.05) is 6.07 Å². The molecule has 0 spiro atoms. The molecule has 0 radical (unpaired) electrons. The van der Waals surface area contributed by atoms with Crippen molar-refractivity contribution in [3.63, 3.8) is 0 Å². The third kappa shape index (κ3) is 3.14. The molecule has 0 aliphatic carbocycles. The fourth-order valence-electron chi connectivity index (χ4n) is 2.67. The van der Waals surface area contributed by atoms with E-state index in [1.54, 1.807) is 0 Å². The molecule has 0 aromatic carbocycles. The van der Waals surface area contributed by atoms with Crippen LogP contribution in [0, 0.1) is 6.92 Å². The largest absolute Gasteiger partial charge is 0.325 e. The van der Waals surface area contributed by atoms with Gasteiger partial charge in [0.15, 0.2) is 0 Å². The topological polar surface area (TPSA) is 49.8 Å². The van der Waals surface area contributed by atoms with E-state index < -0.39 is 0 Å². The first-order valence-corrected chi connectivity index (χ1v) is 7.18. The van der Waals surface area contributed by atoms with Crippen molar-refractivity contribution >= 4 is 11.6 Å². The predicted octanol–water partition coefficient (Wildman–Crippen LogP) is 3.00. The lowest BCUT2D eigenvalue weighted by atomic mass is 9.91. The van der Waals surface area contributed by atoms with Crippen LogP contribution in [-0.4, -0.2) is 23.1 Å². The summed E-state index contributed by atoms with van der Waals surface area (Å²) in [6, 6.07) is 10.2. The maximum atomic E-state index is 4.45. The zero-order chi connectivity index (χ0) is 13.8. The quantitative estimate of drug-likeness (QED) is 0.898. The summed E-state index contributed by atoms with van der Waals surface area (Å²) in [5.74, 6) is 2.37. The van der Waals surface area contributed by atoms with Crippen LogP contribution in [0.5, 0.6) is 0 Å². The predicted molar refractivity (Wildman–Crippen MR) is 81.3 cm³/mol. The Kier molecular flexibility index (Phi) is 3.92. The molecule has 2 N–H and O–H groups in total. The third-order valence-electron chi connectivity index (χ3n) is 3.74. The summed E-state index contributed by atoms with van der Waals surface area (Å²) in [5.41, 5.74) is 2.38. The first-order valence-electron chi connectivity index (χ1n) is 7.18. The lowest BCUT2D eigenvalue weighted by Crippen LogP contribution is -2.26. The van der Waals surface area contributed by atoms with Gasteiger partial charge in [-0.3, -0.25) is 0 Å². The van der Waals surface area contributed by atoms with E-state index in [9.17, 15) is 0 Å². The Hall–Kier alpha value is -1.94. The number of hydrogen-bond acceptors (Lipinski definition) is 4. The molecule has 2 aromatic rings. The molecule has 3 rings (SSSR count). The van der Waals surface area contributed by atoms with Crippen molar-refractivity contribution in [1.82, 2.24) is 15.3 Å². The van der Waals surface area contributed by atoms with Crippen LogP contribution in [0.25, 0.3) is 0 Å². The Labute approximate surface area is 119 Å². The molecule has 104 valence electrons. The van der Waals surface area contributed by atoms with Crippen LogP contribution in [0.2, 0.25) is 0 Å². The second-order valence-electron chi connectivity index (χ2n) is 5.29. The van der Waals surface area contributed by atoms with Gasteiger partial charge >= 0.3 is 0 Å². The second kappa shape index (κ2) is 6.01. The molecular weight excluding hydrogens is 248 g/mol. The summed E-state index contributed by atoms with van der Waals surface area (Å²) in [5, 5.41) is 6.69. The van der Waals surface area contributed by atoms with Gasteiger partial charge in [-0.25, -0.2) is 9.97 Å². The van der Waals surface area contributed by atoms with Crippen molar-refractivity contribution < 1.29 is 0 Å². The number of nitrogens with zero attached hydrogens (tertiary/aromatic N) is 2. The molecule has 0 unspecified atom stereocenters. The summed E-state index contributed by atoms with van der Waals surface area (Å²) in [6.45, 7) is 4.20. The van der Waals surface area contributed by atoms with Gasteiger partial charge in [-0.15, -0.1) is 0 Å². The van der Waals surface area contributed by atoms with Crippen LogP contribution in [-0.2, 0) is 0 Å². The molecule has 0 atom stereocenters. The molecule has 0 amide bonds. The van der Waals surface area contributed by atoms with Gasteiger partial charge in [-0.05, 0) is 68.6 Å². The molecule has 1 saturated heterocycles. The average molecular weight is 268 g/mol. The van der Waals surface area contributed by atoms with Crippen LogP contribution in [0.4, 0.5) is 11.6 Å². The molecule has 1 aliphatic rings. The van der Waals surface area contributed by atoms with Crippen LogP contribution < -0.4 is 10.6 Å². The molecule has 4 nitrogen and oxygen atoms in total. The van der Waals surface area contributed by atoms with Crippen molar-refractivity contribution in [3.05, 3.63) is 47.8 Å². The Bertz CT molecular complexity index is 576. The van der Waals surface area contributed by atoms with Crippen molar-refractivity contribution in [2.24, 2.45) is 0 Å². The number of hydrogen-bond donors (Lipinski definition) is 2. The van der Waals surface area contributed by atoms with Crippen molar-refractivity contribution in [2.45, 2.75) is 25.7 Å². The second-order valence-corrected chi connectivity index (χ2v) is 5.29. The zero-order valence-corrected chi connectivity index (χ0v) is 11.8. The highest BCUT2D eigenvalue weighted by Gasteiger charge is 2.15. The average Bonchev–Trinajstić information content (AvgIpc) is 2.48. The minimum Gasteiger partial charge on any atom is -0.325 e. The van der Waals surface area contributed by atoms with E-state index in [2.05, 4.69) is 32.7 Å². The number of aryl methyl sites for hydroxylation is 1. The number of nitrogens with one attached hydrogen (secondary N) is 2. The number of piperidine rings is 1. The molecule has 1 fully saturated rings. The Morgan fingerprint density at radius 1 is 1.15 bits per heavy atom. The zero-order valence-electron chi connectivity index (χ0n) is 11.8. The molecule has 1 aliphatic heterocycles. The standard InChI is InChI=1S/C16H20N4/c1-12-3-2-4-15(19-12)20-16-11-14(7-10-18-16)13-5-8-17-9-6-13/h2-4,7,10-11,13,17H,5-6,8-9H2,1H3,(H,18,19,20). The highest BCUT2D eigenvalue weighted by atomic mass is 15.0. The molecule has 2 aromatic heterocycles. The molecule has 0 bridgehead atoms. The monoisotopic (exact) mass is 268 g/mol. The number of rotatable bonds is 3. The van der Waals surface area contributed by atoms with E-state index in [4.69, 9.17) is 0 Å². The van der Waals surface area contributed by atoms with Crippen molar-refractivity contribution in [2.75, 3.05) is 18.4 Å². The van der Waals surface area contributed by atoms with E-state index in [0.717, 1.165) is 30.4 Å². The molecule has 4 heteroatoms. The maximum Gasteiger partial charge on any atom is 0.131 e. The minimum atomic E-state index is 0.644. The summed E-state index contributed by atoms with van der Waals surface area (Å²) in [7, 11) is 0. The Morgan fingerprint density at radius 3 is 2.80 bits per heavy atom. The van der Waals surface area contributed by atoms with Gasteiger partial charge in [0.05, 0.1) is 0 Å². The summed E-state index contributed by atoms with van der Waals surface area (Å²) in [6.07, 6.45) is 4.29. The van der Waals surface area contributed by atoms with E-state index in [0.29, 0.717) is 5.92 Å². The van der Waals surface area contributed by atoms with Gasteiger partial charge in [0.2, 0.25) is 0 Å². The van der Waals surface area contributed by atoms with Crippen molar-refractivity contribution in [3.8, 4) is 0 Å². The third-order valence-corrected chi connectivity index (χ3v) is 3.74. The smallest absolute Gasteiger partial charge is 0.131 e. The normalized spacial score (nSPS) is 16.1. The van der Waals surface area contributed by atoms with Gasteiger partial charge in [-0.2, -0.15) is 0 Å². The fraction of sp³-hybridized carbons (Fsp3) is 0.375. The Balaban J connectivity index is 1.77. The van der Waals surface area contributed by atoms with Crippen LogP contribution in [0.1, 0.15) is 30.0 Å². The summed E-state index contributed by atoms with van der Waals surface area (Å²) < 4.78 is 0. The number of anilines is 2. The minimum absolute atomic E-state index is 0.644. The van der Waals surface area contributed by atoms with Gasteiger partial charge < -0.3 is 10.6 Å². The highest BCUT2D eigenvalue weighted by Crippen LogP contribution is 2.26. The number of aromatic nitrogens is 2. The Morgan fingerprint density at radius 2 is 2.00 bits per heavy atom. The van der Waals surface area contributed by atoms with Crippen LogP contribution in [0.15, 0.2) is 36.5 Å². The SMILES string of the molecule is Cc1cccc(Nc2cc(C3CCNCC3)ccn2)n1. The van der Waals surface area contributed by atoms with E-state index in [1.807, 2.05) is 31.3 Å². The lowest BCUT2D eigenvalue weighted by molar-refractivity contribution is 0.460. The van der Waals surface area contributed by atoms with Crippen LogP contribution in [0.3, 0.4) is 0 Å². The van der Waals surface area contributed by atoms with Crippen molar-refractivity contribution in [1.29, 1.82) is 0 Å². The van der Waals surface area contributed by atoms with E-state index >= 15 is 0 Å². The highest BCUT2D eigenvalue weighted by molar-refractivity contribution is 5.52. The molecule has 0 saturated carbocycles. The van der Waals surface area contributed by atoms with Gasteiger partial charge in [0.1, 0.15) is 11.6 Å². The van der Waals surface area contributed by atoms with Gasteiger partial charge in [0, 0.05) is 11.9 Å². The van der Waals surface area contributed by atoms with Crippen LogP contribution >= 0.6 is 0 Å². The molecule has 20 heavy (non-hydrogen) atoms. The molecular formula is C16H20N4. The molecule has 3 heterocycles. The fourth-order valence-corrected chi connectivity index (χ4v) is 2.67. The first-order chi connectivity index (χ1) is 9.81. The number of pyridine rings is 2. The summed E-state index contributed by atoms with van der Waals surface area (Å²) >= 11 is 0. The van der Waals surface area contributed by atoms with E-state index in [-0.39, 0.29) is 0 Å². The lowest BCUT2D eigenvalue weighted by Gasteiger charge is -2.23. The van der Waals surface area contributed by atoms with E-state index in [1.165, 1.54) is 18.4 Å². The first kappa shape index (κ1) is 13.1. The maximum absolute atomic E-state index is 4.45. The summed E-state index contributed by atoms with van der Waals surface area (Å²) in [4.78, 5) is 8.84.